The minimum Gasteiger partial charge on any atom is -0.383 e. The van der Waals surface area contributed by atoms with Crippen LogP contribution in [0.2, 0.25) is 0 Å². The molecular weight excluding hydrogens is 304 g/mol. The van der Waals surface area contributed by atoms with E-state index in [0.717, 1.165) is 6.54 Å². The number of rotatable bonds is 10. The molecular formula is C14H24N4O3S. The summed E-state index contributed by atoms with van der Waals surface area (Å²) in [6.07, 6.45) is 0.214. The van der Waals surface area contributed by atoms with Crippen LogP contribution in [0.5, 0.6) is 0 Å². The molecule has 22 heavy (non-hydrogen) atoms. The van der Waals surface area contributed by atoms with E-state index in [1.54, 1.807) is 12.5 Å². The Morgan fingerprint density at radius 3 is 2.77 bits per heavy atom. The van der Waals surface area contributed by atoms with Gasteiger partial charge < -0.3 is 20.7 Å². The first-order valence-corrected chi connectivity index (χ1v) is 8.12. The van der Waals surface area contributed by atoms with Gasteiger partial charge in [-0.25, -0.2) is 4.98 Å². The highest BCUT2D eigenvalue weighted by molar-refractivity contribution is 7.13. The predicted octanol–water partition coefficient (Wildman–Crippen LogP) is 0.632. The number of anilines is 1. The van der Waals surface area contributed by atoms with Crippen LogP contribution in [-0.4, -0.2) is 50.1 Å². The summed E-state index contributed by atoms with van der Waals surface area (Å²) in [6, 6.07) is 0. The van der Waals surface area contributed by atoms with Gasteiger partial charge in [-0.1, -0.05) is 13.8 Å². The summed E-state index contributed by atoms with van der Waals surface area (Å²) >= 11 is 1.33. The molecule has 2 amide bonds. The van der Waals surface area contributed by atoms with E-state index >= 15 is 0 Å². The number of amides is 2. The molecule has 1 aromatic heterocycles. The molecule has 0 fully saturated rings. The van der Waals surface area contributed by atoms with Crippen molar-refractivity contribution >= 4 is 28.3 Å². The van der Waals surface area contributed by atoms with E-state index in [1.807, 2.05) is 13.8 Å². The molecule has 0 aliphatic rings. The zero-order chi connectivity index (χ0) is 16.4. The lowest BCUT2D eigenvalue weighted by Gasteiger charge is -2.05. The smallest absolute Gasteiger partial charge is 0.228 e. The zero-order valence-electron chi connectivity index (χ0n) is 13.3. The molecule has 3 N–H and O–H groups in total. The summed E-state index contributed by atoms with van der Waals surface area (Å²) in [5.74, 6) is -0.255. The maximum Gasteiger partial charge on any atom is 0.228 e. The first kappa shape index (κ1) is 18.5. The maximum atomic E-state index is 11.8. The van der Waals surface area contributed by atoms with Crippen LogP contribution < -0.4 is 16.0 Å². The van der Waals surface area contributed by atoms with Gasteiger partial charge in [0.05, 0.1) is 18.7 Å². The van der Waals surface area contributed by atoms with E-state index in [-0.39, 0.29) is 24.2 Å². The summed E-state index contributed by atoms with van der Waals surface area (Å²) in [5, 5.41) is 11.0. The maximum absolute atomic E-state index is 11.8. The fraction of sp³-hybridized carbons (Fsp3) is 0.643. The lowest BCUT2D eigenvalue weighted by atomic mass is 10.2. The number of hydrogen-bond donors (Lipinski definition) is 3. The van der Waals surface area contributed by atoms with Crippen LogP contribution in [-0.2, 0) is 20.7 Å². The van der Waals surface area contributed by atoms with E-state index in [2.05, 4.69) is 20.9 Å². The van der Waals surface area contributed by atoms with Gasteiger partial charge in [-0.05, 0) is 0 Å². The fourth-order valence-electron chi connectivity index (χ4n) is 1.51. The molecule has 8 heteroatoms. The Morgan fingerprint density at radius 2 is 2.09 bits per heavy atom. The van der Waals surface area contributed by atoms with Crippen LogP contribution in [0.1, 0.15) is 19.5 Å². The summed E-state index contributed by atoms with van der Waals surface area (Å²) in [4.78, 5) is 27.5. The van der Waals surface area contributed by atoms with Gasteiger partial charge in [-0.2, -0.15) is 0 Å². The van der Waals surface area contributed by atoms with Gasteiger partial charge >= 0.3 is 0 Å². The van der Waals surface area contributed by atoms with Gasteiger partial charge in [0.15, 0.2) is 5.13 Å². The molecule has 0 atom stereocenters. The summed E-state index contributed by atoms with van der Waals surface area (Å²) in [5.41, 5.74) is 0.661. The van der Waals surface area contributed by atoms with Crippen LogP contribution in [0.4, 0.5) is 5.13 Å². The average Bonchev–Trinajstić information content (AvgIpc) is 2.89. The normalized spacial score (nSPS) is 10.7. The summed E-state index contributed by atoms with van der Waals surface area (Å²) in [7, 11) is 1.65. The molecule has 0 bridgehead atoms. The van der Waals surface area contributed by atoms with Crippen LogP contribution in [0.15, 0.2) is 5.38 Å². The van der Waals surface area contributed by atoms with Gasteiger partial charge in [-0.15, -0.1) is 11.3 Å². The number of aromatic nitrogens is 1. The molecule has 7 nitrogen and oxygen atoms in total. The fourth-order valence-corrected chi connectivity index (χ4v) is 2.23. The molecule has 0 spiro atoms. The number of thiazole rings is 1. The second-order valence-corrected chi connectivity index (χ2v) is 5.92. The molecule has 0 unspecified atom stereocenters. The molecule has 0 saturated carbocycles. The van der Waals surface area contributed by atoms with Gasteiger partial charge in [0.25, 0.3) is 0 Å². The van der Waals surface area contributed by atoms with Crippen LogP contribution >= 0.6 is 11.3 Å². The minimum atomic E-state index is -0.0961. The van der Waals surface area contributed by atoms with E-state index in [4.69, 9.17) is 4.74 Å². The molecule has 0 saturated heterocycles. The Kier molecular flexibility index (Phi) is 8.64. The third-order valence-electron chi connectivity index (χ3n) is 2.75. The third-order valence-corrected chi connectivity index (χ3v) is 3.56. The summed E-state index contributed by atoms with van der Waals surface area (Å²) in [6.45, 7) is 6.30. The van der Waals surface area contributed by atoms with E-state index in [0.29, 0.717) is 30.5 Å². The van der Waals surface area contributed by atoms with Crippen molar-refractivity contribution in [3.63, 3.8) is 0 Å². The number of carbonyl (C=O) groups is 2. The Bertz CT molecular complexity index is 476. The molecule has 0 aromatic carbocycles. The van der Waals surface area contributed by atoms with Crippen molar-refractivity contribution in [3.05, 3.63) is 11.1 Å². The SMILES string of the molecule is COCCNCCNC(=O)Cc1csc(NC(=O)C(C)C)n1. The van der Waals surface area contributed by atoms with Gasteiger partial charge in [0, 0.05) is 38.0 Å². The monoisotopic (exact) mass is 328 g/mol. The Balaban J connectivity index is 2.24. The van der Waals surface area contributed by atoms with Crippen LogP contribution in [0.25, 0.3) is 0 Å². The lowest BCUT2D eigenvalue weighted by molar-refractivity contribution is -0.120. The Labute approximate surface area is 134 Å². The number of nitrogens with one attached hydrogen (secondary N) is 3. The van der Waals surface area contributed by atoms with Crippen molar-refractivity contribution < 1.29 is 14.3 Å². The first-order chi connectivity index (χ1) is 10.5. The molecule has 1 heterocycles. The van der Waals surface area contributed by atoms with Crippen LogP contribution in [0, 0.1) is 5.92 Å². The second-order valence-electron chi connectivity index (χ2n) is 5.06. The molecule has 0 aliphatic heterocycles. The number of ether oxygens (including phenoxy) is 1. The number of nitrogens with zero attached hydrogens (tertiary/aromatic N) is 1. The largest absolute Gasteiger partial charge is 0.383 e. The van der Waals surface area contributed by atoms with Crippen molar-refractivity contribution in [1.82, 2.24) is 15.6 Å². The summed E-state index contributed by atoms with van der Waals surface area (Å²) < 4.78 is 4.91. The molecule has 1 aromatic rings. The van der Waals surface area contributed by atoms with E-state index < -0.39 is 0 Å². The standard InChI is InChI=1S/C14H24N4O3S/c1-10(2)13(20)18-14-17-11(9-22-14)8-12(19)16-5-4-15-6-7-21-3/h9-10,15H,4-8H2,1-3H3,(H,16,19)(H,17,18,20). The molecule has 1 rings (SSSR count). The van der Waals surface area contributed by atoms with Crippen molar-refractivity contribution in [3.8, 4) is 0 Å². The number of hydrogen-bond acceptors (Lipinski definition) is 6. The molecule has 124 valence electrons. The van der Waals surface area contributed by atoms with E-state index in [1.165, 1.54) is 11.3 Å². The molecule has 0 aliphatic carbocycles. The highest BCUT2D eigenvalue weighted by Gasteiger charge is 2.11. The highest BCUT2D eigenvalue weighted by Crippen LogP contribution is 2.16. The quantitative estimate of drug-likeness (QED) is 0.548. The highest BCUT2D eigenvalue weighted by atomic mass is 32.1. The second kappa shape index (κ2) is 10.3. The predicted molar refractivity (Wildman–Crippen MR) is 87.0 cm³/mol. The molecule has 0 radical (unpaired) electrons. The average molecular weight is 328 g/mol. The van der Waals surface area contributed by atoms with Crippen molar-refractivity contribution in [2.45, 2.75) is 20.3 Å². The van der Waals surface area contributed by atoms with Crippen molar-refractivity contribution in [2.24, 2.45) is 5.92 Å². The first-order valence-electron chi connectivity index (χ1n) is 7.24. The van der Waals surface area contributed by atoms with Gasteiger partial charge in [-0.3, -0.25) is 9.59 Å². The Morgan fingerprint density at radius 1 is 1.32 bits per heavy atom. The minimum absolute atomic E-state index is 0.0764. The van der Waals surface area contributed by atoms with Crippen molar-refractivity contribution in [2.75, 3.05) is 38.7 Å². The van der Waals surface area contributed by atoms with Gasteiger partial charge in [0.2, 0.25) is 11.8 Å². The zero-order valence-corrected chi connectivity index (χ0v) is 14.1. The lowest BCUT2D eigenvalue weighted by Crippen LogP contribution is -2.33. The third kappa shape index (κ3) is 7.48. The number of methoxy groups -OCH3 is 1. The number of carbonyl (C=O) groups excluding carboxylic acids is 2. The van der Waals surface area contributed by atoms with E-state index in [9.17, 15) is 9.59 Å². The van der Waals surface area contributed by atoms with Crippen LogP contribution in [0.3, 0.4) is 0 Å². The van der Waals surface area contributed by atoms with Crippen molar-refractivity contribution in [1.29, 1.82) is 0 Å². The topological polar surface area (TPSA) is 92.4 Å². The van der Waals surface area contributed by atoms with Gasteiger partial charge in [0.1, 0.15) is 0 Å². The Hall–Kier alpha value is -1.51.